The number of likely N-dealkylation sites (N-methyl/N-ethyl adjacent to an activating group) is 1. The molecule has 1 fully saturated rings. The summed E-state index contributed by atoms with van der Waals surface area (Å²) in [7, 11) is -2.22. The molecule has 1 amide bonds. The Hall–Kier alpha value is -4.10. The van der Waals surface area contributed by atoms with Gasteiger partial charge in [0.2, 0.25) is 10.0 Å². The highest BCUT2D eigenvalue weighted by molar-refractivity contribution is 7.89. The molecule has 3 aromatic rings. The first kappa shape index (κ1) is 34.8. The molecule has 1 N–H and O–H groups in total. The number of rotatable bonds is 15. The highest BCUT2D eigenvalue weighted by Gasteiger charge is 2.37. The van der Waals surface area contributed by atoms with Crippen LogP contribution in [-0.2, 0) is 26.8 Å². The lowest BCUT2D eigenvalue weighted by Gasteiger charge is -2.40. The first-order valence-electron chi connectivity index (χ1n) is 15.3. The highest BCUT2D eigenvalue weighted by Crippen LogP contribution is 2.32. The number of carbonyl (C=O) groups excluding carboxylic acids is 1. The number of nitro benzene ring substituents is 1. The molecule has 0 spiro atoms. The number of nitrogens with zero attached hydrogens (tertiary/aromatic N) is 4. The second-order valence-corrected chi connectivity index (χ2v) is 13.7. The molecule has 0 aromatic heterocycles. The fraction of sp³-hybridized carbons (Fsp3) is 0.382. The van der Waals surface area contributed by atoms with Crippen LogP contribution in [0, 0.1) is 10.1 Å². The minimum absolute atomic E-state index is 0.000479. The average Bonchev–Trinajstić information content (AvgIpc) is 3.09. The molecule has 0 radical (unpaired) electrons. The van der Waals surface area contributed by atoms with E-state index in [0.29, 0.717) is 51.0 Å². The molecule has 246 valence electrons. The lowest BCUT2D eigenvalue weighted by Crippen LogP contribution is -2.50. The number of carbonyl (C=O) groups is 1. The number of non-ortho nitro benzene ring substituents is 1. The van der Waals surface area contributed by atoms with Gasteiger partial charge in [0.15, 0.2) is 0 Å². The Bertz CT molecular complexity index is 1550. The maximum atomic E-state index is 13.4. The maximum absolute atomic E-state index is 13.4. The molecular weight excluding hydrogens is 608 g/mol. The normalized spacial score (nSPS) is 15.6. The third-order valence-electron chi connectivity index (χ3n) is 8.64. The molecule has 46 heavy (non-hydrogen) atoms. The van der Waals surface area contributed by atoms with Gasteiger partial charge in [-0.15, -0.1) is 6.58 Å². The molecule has 0 bridgehead atoms. The van der Waals surface area contributed by atoms with Crippen LogP contribution in [-0.4, -0.2) is 91.1 Å². The Morgan fingerprint density at radius 2 is 1.67 bits per heavy atom. The van der Waals surface area contributed by atoms with Crippen LogP contribution in [0.15, 0.2) is 102 Å². The SMILES string of the molecule is C=CCN(C(=O)OCc1ccc([N+](=O)[O-])cc1)C1CCN(CCC(CO)(CN(C)S(=O)(=O)c2ccccc2)c2ccccc2)CC1. The largest absolute Gasteiger partial charge is 0.445 e. The summed E-state index contributed by atoms with van der Waals surface area (Å²) in [6.07, 6.45) is 3.14. The minimum Gasteiger partial charge on any atom is -0.445 e. The van der Waals surface area contributed by atoms with Crippen molar-refractivity contribution in [3.8, 4) is 0 Å². The summed E-state index contributed by atoms with van der Waals surface area (Å²) in [5.74, 6) is 0. The zero-order valence-corrected chi connectivity index (χ0v) is 26.9. The fourth-order valence-electron chi connectivity index (χ4n) is 5.89. The Kier molecular flexibility index (Phi) is 12.1. The molecule has 1 aliphatic rings. The number of aliphatic hydroxyl groups excluding tert-OH is 1. The Morgan fingerprint density at radius 1 is 1.07 bits per heavy atom. The lowest BCUT2D eigenvalue weighted by molar-refractivity contribution is -0.384. The number of piperidine rings is 1. The van der Waals surface area contributed by atoms with Crippen LogP contribution in [0.3, 0.4) is 0 Å². The number of hydrogen-bond acceptors (Lipinski definition) is 8. The standard InChI is InChI=1S/C34H42N4O7S/c1-3-21-37(33(40)45-25-28-14-16-31(17-15-28)38(41)42)30-18-22-36(23-19-30)24-20-34(27-39,29-10-6-4-7-11-29)26-35(2)46(43,44)32-12-8-5-9-13-32/h3-17,30,39H,1,18-27H2,2H3. The molecule has 1 atom stereocenters. The van der Waals surface area contributed by atoms with Gasteiger partial charge in [-0.2, -0.15) is 4.31 Å². The van der Waals surface area contributed by atoms with E-state index in [1.807, 2.05) is 30.3 Å². The molecule has 0 aliphatic carbocycles. The number of likely N-dealkylation sites (tertiary alicyclic amines) is 1. The van der Waals surface area contributed by atoms with Gasteiger partial charge in [-0.05, 0) is 61.2 Å². The quantitative estimate of drug-likeness (QED) is 0.141. The van der Waals surface area contributed by atoms with E-state index in [9.17, 15) is 28.4 Å². The molecule has 4 rings (SSSR count). The molecule has 1 aliphatic heterocycles. The van der Waals surface area contributed by atoms with E-state index in [4.69, 9.17) is 4.74 Å². The second-order valence-electron chi connectivity index (χ2n) is 11.6. The van der Waals surface area contributed by atoms with Crippen molar-refractivity contribution in [1.29, 1.82) is 0 Å². The zero-order valence-electron chi connectivity index (χ0n) is 26.1. The molecule has 11 nitrogen and oxygen atoms in total. The van der Waals surface area contributed by atoms with Crippen molar-refractivity contribution in [1.82, 2.24) is 14.1 Å². The van der Waals surface area contributed by atoms with Crippen LogP contribution in [0.4, 0.5) is 10.5 Å². The lowest BCUT2D eigenvalue weighted by atomic mass is 9.77. The van der Waals surface area contributed by atoms with Crippen LogP contribution >= 0.6 is 0 Å². The highest BCUT2D eigenvalue weighted by atomic mass is 32.2. The van der Waals surface area contributed by atoms with Gasteiger partial charge in [0.05, 0.1) is 16.4 Å². The summed E-state index contributed by atoms with van der Waals surface area (Å²) < 4.78 is 33.7. The van der Waals surface area contributed by atoms with E-state index in [0.717, 1.165) is 5.56 Å². The minimum atomic E-state index is -3.77. The van der Waals surface area contributed by atoms with Crippen molar-refractivity contribution in [2.24, 2.45) is 0 Å². The van der Waals surface area contributed by atoms with E-state index >= 15 is 0 Å². The predicted octanol–water partition coefficient (Wildman–Crippen LogP) is 4.82. The van der Waals surface area contributed by atoms with Crippen LogP contribution < -0.4 is 0 Å². The van der Waals surface area contributed by atoms with Gasteiger partial charge in [0.1, 0.15) is 6.61 Å². The summed E-state index contributed by atoms with van der Waals surface area (Å²) in [6.45, 7) is 6.06. The van der Waals surface area contributed by atoms with E-state index in [1.165, 1.54) is 16.4 Å². The Labute approximate surface area is 270 Å². The van der Waals surface area contributed by atoms with Crippen molar-refractivity contribution >= 4 is 21.8 Å². The van der Waals surface area contributed by atoms with Crippen LogP contribution in [0.2, 0.25) is 0 Å². The summed E-state index contributed by atoms with van der Waals surface area (Å²) >= 11 is 0. The van der Waals surface area contributed by atoms with Crippen molar-refractivity contribution < 1.29 is 28.0 Å². The first-order chi connectivity index (χ1) is 22.1. The van der Waals surface area contributed by atoms with Gasteiger partial charge in [-0.3, -0.25) is 10.1 Å². The smallest absolute Gasteiger partial charge is 0.410 e. The van der Waals surface area contributed by atoms with Crippen molar-refractivity contribution in [3.05, 3.63) is 119 Å². The average molecular weight is 651 g/mol. The molecule has 1 heterocycles. The number of ether oxygens (including phenoxy) is 1. The number of sulfonamides is 1. The fourth-order valence-corrected chi connectivity index (χ4v) is 7.17. The molecule has 3 aromatic carbocycles. The third kappa shape index (κ3) is 8.58. The van der Waals surface area contributed by atoms with Gasteiger partial charge in [-0.25, -0.2) is 13.2 Å². The Morgan fingerprint density at radius 3 is 2.24 bits per heavy atom. The molecule has 1 unspecified atom stereocenters. The summed E-state index contributed by atoms with van der Waals surface area (Å²) in [6, 6.07) is 23.7. The number of aliphatic hydroxyl groups is 1. The van der Waals surface area contributed by atoms with Crippen LogP contribution in [0.5, 0.6) is 0 Å². The third-order valence-corrected chi connectivity index (χ3v) is 10.5. The predicted molar refractivity (Wildman–Crippen MR) is 176 cm³/mol. The zero-order chi connectivity index (χ0) is 33.2. The van der Waals surface area contributed by atoms with Crippen LogP contribution in [0.25, 0.3) is 0 Å². The number of amides is 1. The van der Waals surface area contributed by atoms with E-state index < -0.39 is 26.5 Å². The molecule has 12 heteroatoms. The van der Waals surface area contributed by atoms with Gasteiger partial charge < -0.3 is 19.6 Å². The van der Waals surface area contributed by atoms with E-state index in [2.05, 4.69) is 11.5 Å². The van der Waals surface area contributed by atoms with Crippen molar-refractivity contribution in [2.75, 3.05) is 46.4 Å². The first-order valence-corrected chi connectivity index (χ1v) is 16.7. The molecule has 0 saturated carbocycles. The van der Waals surface area contributed by atoms with Crippen molar-refractivity contribution in [2.45, 2.75) is 42.2 Å². The van der Waals surface area contributed by atoms with Gasteiger partial charge >= 0.3 is 6.09 Å². The summed E-state index contributed by atoms with van der Waals surface area (Å²) in [5.41, 5.74) is 0.667. The summed E-state index contributed by atoms with van der Waals surface area (Å²) in [4.78, 5) is 27.6. The Balaban J connectivity index is 1.38. The van der Waals surface area contributed by atoms with Crippen LogP contribution in [0.1, 0.15) is 30.4 Å². The summed E-state index contributed by atoms with van der Waals surface area (Å²) in [5, 5.41) is 21.7. The van der Waals surface area contributed by atoms with Crippen molar-refractivity contribution in [3.63, 3.8) is 0 Å². The van der Waals surface area contributed by atoms with Gasteiger partial charge in [0.25, 0.3) is 5.69 Å². The topological polar surface area (TPSA) is 134 Å². The van der Waals surface area contributed by atoms with E-state index in [-0.39, 0.29) is 36.4 Å². The molecule has 1 saturated heterocycles. The maximum Gasteiger partial charge on any atom is 0.410 e. The molecular formula is C34H42N4O7S. The van der Waals surface area contributed by atoms with E-state index in [1.54, 1.807) is 60.5 Å². The van der Waals surface area contributed by atoms with Gasteiger partial charge in [-0.1, -0.05) is 54.6 Å². The number of hydrogen-bond donors (Lipinski definition) is 1. The monoisotopic (exact) mass is 650 g/mol. The second kappa shape index (κ2) is 15.9. The van der Waals surface area contributed by atoms with Gasteiger partial charge in [0, 0.05) is 56.8 Å². The number of benzene rings is 3. The number of nitro groups is 1.